The summed E-state index contributed by atoms with van der Waals surface area (Å²) in [5.74, 6) is 0. The van der Waals surface area contributed by atoms with Gasteiger partial charge in [-0.05, 0) is 68.4 Å². The molecule has 2 heteroatoms. The van der Waals surface area contributed by atoms with E-state index in [1.807, 2.05) is 0 Å². The summed E-state index contributed by atoms with van der Waals surface area (Å²) >= 11 is 0. The second-order valence-electron chi connectivity index (χ2n) is 5.38. The summed E-state index contributed by atoms with van der Waals surface area (Å²) in [6.07, 6.45) is 2.11. The van der Waals surface area contributed by atoms with Crippen molar-refractivity contribution in [3.63, 3.8) is 0 Å². The molecule has 4 N–H and O–H groups in total. The van der Waals surface area contributed by atoms with Crippen LogP contribution in [0, 0.1) is 27.7 Å². The molecule has 0 aromatic heterocycles. The molecule has 1 atom stereocenters. The summed E-state index contributed by atoms with van der Waals surface area (Å²) in [6, 6.07) is 2.22. The zero-order chi connectivity index (χ0) is 12.1. The Balaban J connectivity index is 2.54. The monoisotopic (exact) mass is 218 g/mol. The summed E-state index contributed by atoms with van der Waals surface area (Å²) in [5, 5.41) is 0. The molecule has 0 saturated heterocycles. The van der Waals surface area contributed by atoms with Crippen molar-refractivity contribution in [2.75, 3.05) is 0 Å². The maximum atomic E-state index is 6.35. The zero-order valence-corrected chi connectivity index (χ0v) is 10.7. The second-order valence-corrected chi connectivity index (χ2v) is 5.38. The molecule has 1 aliphatic rings. The van der Waals surface area contributed by atoms with E-state index in [4.69, 9.17) is 11.5 Å². The largest absolute Gasteiger partial charge is 0.323 e. The predicted molar refractivity (Wildman–Crippen MR) is 68.5 cm³/mol. The molecule has 2 rings (SSSR count). The first-order valence-electron chi connectivity index (χ1n) is 5.98. The molecule has 1 aliphatic carbocycles. The van der Waals surface area contributed by atoms with E-state index >= 15 is 0 Å². The number of nitrogens with two attached hydrogens (primary N) is 2. The van der Waals surface area contributed by atoms with Crippen molar-refractivity contribution in [3.8, 4) is 0 Å². The quantitative estimate of drug-likeness (QED) is 0.801. The topological polar surface area (TPSA) is 52.0 Å². The molecule has 0 aliphatic heterocycles. The van der Waals surface area contributed by atoms with Gasteiger partial charge in [0.1, 0.15) is 0 Å². The number of benzene rings is 1. The van der Waals surface area contributed by atoms with Gasteiger partial charge in [0, 0.05) is 11.6 Å². The maximum absolute atomic E-state index is 6.35. The van der Waals surface area contributed by atoms with Crippen LogP contribution < -0.4 is 11.5 Å². The van der Waals surface area contributed by atoms with Gasteiger partial charge in [-0.1, -0.05) is 6.07 Å². The van der Waals surface area contributed by atoms with Gasteiger partial charge in [-0.15, -0.1) is 0 Å². The highest BCUT2D eigenvalue weighted by molar-refractivity contribution is 5.47. The molecule has 0 bridgehead atoms. The van der Waals surface area contributed by atoms with Crippen LogP contribution in [0.3, 0.4) is 0 Å². The lowest BCUT2D eigenvalue weighted by molar-refractivity contribution is 0.531. The Morgan fingerprint density at radius 3 is 1.88 bits per heavy atom. The van der Waals surface area contributed by atoms with Gasteiger partial charge in [0.25, 0.3) is 0 Å². The van der Waals surface area contributed by atoms with Gasteiger partial charge in [0.05, 0.1) is 0 Å². The Bertz CT molecular complexity index is 405. The lowest BCUT2D eigenvalue weighted by Crippen LogP contribution is -2.37. The first kappa shape index (κ1) is 11.6. The van der Waals surface area contributed by atoms with E-state index in [1.165, 1.54) is 27.8 Å². The third-order valence-electron chi connectivity index (χ3n) is 4.18. The minimum atomic E-state index is -0.143. The van der Waals surface area contributed by atoms with Crippen LogP contribution in [-0.4, -0.2) is 5.54 Å². The van der Waals surface area contributed by atoms with E-state index in [9.17, 15) is 0 Å². The summed E-state index contributed by atoms with van der Waals surface area (Å²) in [6.45, 7) is 8.60. The average molecular weight is 218 g/mol. The standard InChI is InChI=1S/C14H22N2/c1-8-7-9(2)11(4)12(10(8)3)13(15)14(16)5-6-14/h7,13H,5-6,15-16H2,1-4H3. The number of hydrogen-bond donors (Lipinski definition) is 2. The Kier molecular flexibility index (Phi) is 2.59. The van der Waals surface area contributed by atoms with E-state index in [0.29, 0.717) is 0 Å². The highest BCUT2D eigenvalue weighted by Crippen LogP contribution is 2.44. The first-order valence-corrected chi connectivity index (χ1v) is 5.98. The zero-order valence-electron chi connectivity index (χ0n) is 10.7. The molecule has 2 nitrogen and oxygen atoms in total. The van der Waals surface area contributed by atoms with E-state index in [0.717, 1.165) is 12.8 Å². The fraction of sp³-hybridized carbons (Fsp3) is 0.571. The van der Waals surface area contributed by atoms with Crippen LogP contribution in [0.4, 0.5) is 0 Å². The van der Waals surface area contributed by atoms with Crippen molar-refractivity contribution in [3.05, 3.63) is 33.9 Å². The Morgan fingerprint density at radius 2 is 1.50 bits per heavy atom. The molecule has 0 radical (unpaired) electrons. The molecular formula is C14H22N2. The van der Waals surface area contributed by atoms with Crippen molar-refractivity contribution in [1.29, 1.82) is 0 Å². The highest BCUT2D eigenvalue weighted by atomic mass is 14.9. The average Bonchev–Trinajstić information content (AvgIpc) is 2.95. The van der Waals surface area contributed by atoms with Crippen molar-refractivity contribution in [2.45, 2.75) is 52.1 Å². The number of hydrogen-bond acceptors (Lipinski definition) is 2. The van der Waals surface area contributed by atoms with Crippen LogP contribution in [0.15, 0.2) is 6.07 Å². The molecule has 0 amide bonds. The molecule has 1 unspecified atom stereocenters. The SMILES string of the molecule is Cc1cc(C)c(C)c(C(N)C2(N)CC2)c1C. The minimum Gasteiger partial charge on any atom is -0.323 e. The van der Waals surface area contributed by atoms with Gasteiger partial charge < -0.3 is 11.5 Å². The molecular weight excluding hydrogens is 196 g/mol. The molecule has 88 valence electrons. The number of aryl methyl sites for hydroxylation is 2. The smallest absolute Gasteiger partial charge is 0.0483 e. The molecule has 0 heterocycles. The second kappa shape index (κ2) is 3.57. The van der Waals surface area contributed by atoms with Crippen molar-refractivity contribution in [2.24, 2.45) is 11.5 Å². The van der Waals surface area contributed by atoms with E-state index in [2.05, 4.69) is 33.8 Å². The fourth-order valence-electron chi connectivity index (χ4n) is 2.46. The van der Waals surface area contributed by atoms with Gasteiger partial charge in [-0.2, -0.15) is 0 Å². The van der Waals surface area contributed by atoms with Gasteiger partial charge >= 0.3 is 0 Å². The number of rotatable bonds is 2. The molecule has 1 saturated carbocycles. The molecule has 1 aromatic carbocycles. The third kappa shape index (κ3) is 1.66. The van der Waals surface area contributed by atoms with Gasteiger partial charge in [0.2, 0.25) is 0 Å². The molecule has 1 fully saturated rings. The Labute approximate surface area is 98.0 Å². The van der Waals surface area contributed by atoms with Crippen LogP contribution >= 0.6 is 0 Å². The predicted octanol–water partition coefficient (Wildman–Crippen LogP) is 2.41. The third-order valence-corrected chi connectivity index (χ3v) is 4.18. The van der Waals surface area contributed by atoms with Crippen LogP contribution in [0.25, 0.3) is 0 Å². The minimum absolute atomic E-state index is 0.00824. The summed E-state index contributed by atoms with van der Waals surface area (Å²) in [4.78, 5) is 0. The van der Waals surface area contributed by atoms with Gasteiger partial charge in [0.15, 0.2) is 0 Å². The van der Waals surface area contributed by atoms with E-state index < -0.39 is 0 Å². The Hall–Kier alpha value is -0.860. The van der Waals surface area contributed by atoms with Crippen molar-refractivity contribution in [1.82, 2.24) is 0 Å². The summed E-state index contributed by atoms with van der Waals surface area (Å²) < 4.78 is 0. The van der Waals surface area contributed by atoms with Crippen LogP contribution in [0.5, 0.6) is 0 Å². The lowest BCUT2D eigenvalue weighted by Gasteiger charge is -2.25. The van der Waals surface area contributed by atoms with E-state index in [1.54, 1.807) is 0 Å². The highest BCUT2D eigenvalue weighted by Gasteiger charge is 2.45. The van der Waals surface area contributed by atoms with Gasteiger partial charge in [-0.3, -0.25) is 0 Å². The van der Waals surface area contributed by atoms with Gasteiger partial charge in [-0.25, -0.2) is 0 Å². The summed E-state index contributed by atoms with van der Waals surface area (Å²) in [5.41, 5.74) is 19.0. The van der Waals surface area contributed by atoms with Crippen molar-refractivity contribution >= 4 is 0 Å². The normalized spacial score (nSPS) is 19.6. The lowest BCUT2D eigenvalue weighted by atomic mass is 9.86. The molecule has 1 aromatic rings. The van der Waals surface area contributed by atoms with Crippen molar-refractivity contribution < 1.29 is 0 Å². The maximum Gasteiger partial charge on any atom is 0.0483 e. The summed E-state index contributed by atoms with van der Waals surface area (Å²) in [7, 11) is 0. The first-order chi connectivity index (χ1) is 7.37. The fourth-order valence-corrected chi connectivity index (χ4v) is 2.46. The molecule has 16 heavy (non-hydrogen) atoms. The molecule has 0 spiro atoms. The van der Waals surface area contributed by atoms with Crippen LogP contribution in [0.1, 0.15) is 46.7 Å². The van der Waals surface area contributed by atoms with Crippen LogP contribution in [-0.2, 0) is 0 Å². The Morgan fingerprint density at radius 1 is 1.06 bits per heavy atom. The van der Waals surface area contributed by atoms with Crippen LogP contribution in [0.2, 0.25) is 0 Å². The van der Waals surface area contributed by atoms with E-state index in [-0.39, 0.29) is 11.6 Å².